The van der Waals surface area contributed by atoms with E-state index in [1.54, 1.807) is 7.11 Å². The Morgan fingerprint density at radius 3 is 3.00 bits per heavy atom. The van der Waals surface area contributed by atoms with Crippen molar-refractivity contribution in [3.05, 3.63) is 0 Å². The maximum absolute atomic E-state index is 9.28. The van der Waals surface area contributed by atoms with Gasteiger partial charge in [0, 0.05) is 18.4 Å². The second-order valence-electron chi connectivity index (χ2n) is 4.37. The number of methoxy groups -OCH3 is 1. The minimum absolute atomic E-state index is 0.139. The van der Waals surface area contributed by atoms with Gasteiger partial charge in [-0.15, -0.1) is 0 Å². The van der Waals surface area contributed by atoms with Crippen LogP contribution in [0.25, 0.3) is 0 Å². The molecule has 2 unspecified atom stereocenters. The number of aliphatic hydroxyl groups excluding tert-OH is 1. The van der Waals surface area contributed by atoms with E-state index in [1.165, 1.54) is 12.8 Å². The molecule has 0 saturated heterocycles. The van der Waals surface area contributed by atoms with Gasteiger partial charge in [0.05, 0.1) is 13.2 Å². The van der Waals surface area contributed by atoms with E-state index < -0.39 is 0 Å². The van der Waals surface area contributed by atoms with Crippen LogP contribution in [0.1, 0.15) is 25.7 Å². The highest BCUT2D eigenvalue weighted by Gasteiger charge is 2.38. The molecule has 0 amide bonds. The molecule has 15 heavy (non-hydrogen) atoms. The molecule has 0 aliphatic heterocycles. The molecule has 0 spiro atoms. The van der Waals surface area contributed by atoms with Crippen LogP contribution >= 0.6 is 11.8 Å². The van der Waals surface area contributed by atoms with Crippen molar-refractivity contribution in [3.8, 4) is 0 Å². The van der Waals surface area contributed by atoms with Gasteiger partial charge in [0.25, 0.3) is 0 Å². The average molecular weight is 233 g/mol. The Morgan fingerprint density at radius 1 is 1.53 bits per heavy atom. The molecule has 0 aromatic carbocycles. The Hall–Kier alpha value is 0.230. The molecule has 0 aromatic rings. The standard InChI is InChI=1S/C11H23NO2S/c1-14-6-8-15-7-4-10-3-2-5-11(10,12)9-13/h10,13H,2-9,12H2,1H3. The summed E-state index contributed by atoms with van der Waals surface area (Å²) in [5.41, 5.74) is 5.87. The average Bonchev–Trinajstić information content (AvgIpc) is 2.61. The van der Waals surface area contributed by atoms with Gasteiger partial charge in [-0.25, -0.2) is 0 Å². The highest BCUT2D eigenvalue weighted by molar-refractivity contribution is 7.99. The molecule has 0 radical (unpaired) electrons. The van der Waals surface area contributed by atoms with Crippen LogP contribution in [-0.4, -0.2) is 42.5 Å². The highest BCUT2D eigenvalue weighted by atomic mass is 32.2. The Bertz CT molecular complexity index is 180. The van der Waals surface area contributed by atoms with Crippen LogP contribution in [0.5, 0.6) is 0 Å². The molecule has 4 heteroatoms. The summed E-state index contributed by atoms with van der Waals surface area (Å²) >= 11 is 1.91. The molecule has 90 valence electrons. The van der Waals surface area contributed by atoms with Crippen molar-refractivity contribution in [3.63, 3.8) is 0 Å². The molecule has 3 N–H and O–H groups in total. The topological polar surface area (TPSA) is 55.5 Å². The molecule has 1 aliphatic rings. The molecule has 2 atom stereocenters. The number of hydrogen-bond donors (Lipinski definition) is 2. The normalized spacial score (nSPS) is 31.0. The zero-order valence-corrected chi connectivity index (χ0v) is 10.4. The van der Waals surface area contributed by atoms with Crippen LogP contribution < -0.4 is 5.73 Å². The predicted octanol–water partition coefficient (Wildman–Crippen LogP) is 1.25. The van der Waals surface area contributed by atoms with Gasteiger partial charge in [0.2, 0.25) is 0 Å². The molecule has 1 saturated carbocycles. The van der Waals surface area contributed by atoms with Crippen molar-refractivity contribution in [1.29, 1.82) is 0 Å². The van der Waals surface area contributed by atoms with Crippen molar-refractivity contribution in [2.75, 3.05) is 31.8 Å². The fourth-order valence-electron chi connectivity index (χ4n) is 2.28. The zero-order chi connectivity index (χ0) is 11.1. The summed E-state index contributed by atoms with van der Waals surface area (Å²) in [4.78, 5) is 0. The molecular formula is C11H23NO2S. The predicted molar refractivity (Wildman–Crippen MR) is 65.2 cm³/mol. The van der Waals surface area contributed by atoms with Crippen LogP contribution in [-0.2, 0) is 4.74 Å². The van der Waals surface area contributed by atoms with Gasteiger partial charge in [0.1, 0.15) is 0 Å². The van der Waals surface area contributed by atoms with Gasteiger partial charge in [0.15, 0.2) is 0 Å². The number of thioether (sulfide) groups is 1. The second kappa shape index (κ2) is 6.74. The summed E-state index contributed by atoms with van der Waals surface area (Å²) in [6.45, 7) is 0.962. The number of nitrogens with two attached hydrogens (primary N) is 1. The highest BCUT2D eigenvalue weighted by Crippen LogP contribution is 2.36. The third kappa shape index (κ3) is 3.94. The molecule has 0 aromatic heterocycles. The van der Waals surface area contributed by atoms with Crippen molar-refractivity contribution >= 4 is 11.8 Å². The van der Waals surface area contributed by atoms with Crippen LogP contribution in [0.2, 0.25) is 0 Å². The summed E-state index contributed by atoms with van der Waals surface area (Å²) in [5, 5.41) is 9.28. The minimum Gasteiger partial charge on any atom is -0.394 e. The summed E-state index contributed by atoms with van der Waals surface area (Å²) < 4.78 is 4.99. The monoisotopic (exact) mass is 233 g/mol. The van der Waals surface area contributed by atoms with Gasteiger partial charge < -0.3 is 15.6 Å². The van der Waals surface area contributed by atoms with Gasteiger partial charge in [-0.3, -0.25) is 0 Å². The van der Waals surface area contributed by atoms with E-state index in [9.17, 15) is 5.11 Å². The number of hydrogen-bond acceptors (Lipinski definition) is 4. The van der Waals surface area contributed by atoms with Gasteiger partial charge in [-0.2, -0.15) is 11.8 Å². The van der Waals surface area contributed by atoms with E-state index >= 15 is 0 Å². The molecule has 1 fully saturated rings. The summed E-state index contributed by atoms with van der Waals surface area (Å²) in [6, 6.07) is 0. The lowest BCUT2D eigenvalue weighted by Crippen LogP contribution is -2.47. The van der Waals surface area contributed by atoms with Gasteiger partial charge >= 0.3 is 0 Å². The van der Waals surface area contributed by atoms with Crippen LogP contribution in [0.15, 0.2) is 0 Å². The fourth-order valence-corrected chi connectivity index (χ4v) is 3.22. The third-order valence-corrected chi connectivity index (χ3v) is 4.32. The van der Waals surface area contributed by atoms with Crippen molar-refractivity contribution in [1.82, 2.24) is 0 Å². The van der Waals surface area contributed by atoms with Gasteiger partial charge in [-0.05, 0) is 30.9 Å². The quantitative estimate of drug-likeness (QED) is 0.650. The Kier molecular flexibility index (Phi) is 5.97. The lowest BCUT2D eigenvalue weighted by molar-refractivity contribution is 0.158. The fraction of sp³-hybridized carbons (Fsp3) is 1.00. The lowest BCUT2D eigenvalue weighted by atomic mass is 9.87. The second-order valence-corrected chi connectivity index (χ2v) is 5.60. The first-order valence-corrected chi connectivity index (χ1v) is 6.85. The summed E-state index contributed by atoms with van der Waals surface area (Å²) in [7, 11) is 1.73. The summed E-state index contributed by atoms with van der Waals surface area (Å²) in [5.74, 6) is 2.70. The van der Waals surface area contributed by atoms with E-state index in [0.29, 0.717) is 5.92 Å². The number of rotatable bonds is 7. The number of aliphatic hydroxyl groups is 1. The van der Waals surface area contributed by atoms with Gasteiger partial charge in [-0.1, -0.05) is 6.42 Å². The van der Waals surface area contributed by atoms with Crippen molar-refractivity contribution in [2.24, 2.45) is 11.7 Å². The molecule has 0 heterocycles. The minimum atomic E-state index is -0.290. The largest absolute Gasteiger partial charge is 0.394 e. The zero-order valence-electron chi connectivity index (χ0n) is 9.58. The maximum Gasteiger partial charge on any atom is 0.0613 e. The van der Waals surface area contributed by atoms with Crippen molar-refractivity contribution < 1.29 is 9.84 Å². The van der Waals surface area contributed by atoms with Crippen molar-refractivity contribution in [2.45, 2.75) is 31.2 Å². The number of ether oxygens (including phenoxy) is 1. The van der Waals surface area contributed by atoms with Crippen LogP contribution in [0.4, 0.5) is 0 Å². The van der Waals surface area contributed by atoms with E-state index in [-0.39, 0.29) is 12.1 Å². The Morgan fingerprint density at radius 2 is 2.33 bits per heavy atom. The first-order valence-electron chi connectivity index (χ1n) is 5.69. The molecule has 1 aliphatic carbocycles. The molecular weight excluding hydrogens is 210 g/mol. The first-order chi connectivity index (χ1) is 7.23. The lowest BCUT2D eigenvalue weighted by Gasteiger charge is -2.29. The molecule has 1 rings (SSSR count). The van der Waals surface area contributed by atoms with E-state index in [0.717, 1.165) is 31.0 Å². The van der Waals surface area contributed by atoms with Crippen LogP contribution in [0.3, 0.4) is 0 Å². The Labute approximate surface area is 96.8 Å². The first kappa shape index (κ1) is 13.3. The smallest absolute Gasteiger partial charge is 0.0613 e. The van der Waals surface area contributed by atoms with E-state index in [2.05, 4.69) is 0 Å². The van der Waals surface area contributed by atoms with E-state index in [1.807, 2.05) is 11.8 Å². The summed E-state index contributed by atoms with van der Waals surface area (Å²) in [6.07, 6.45) is 4.47. The molecule has 3 nitrogen and oxygen atoms in total. The van der Waals surface area contributed by atoms with E-state index in [4.69, 9.17) is 10.5 Å². The van der Waals surface area contributed by atoms with Crippen LogP contribution in [0, 0.1) is 5.92 Å². The maximum atomic E-state index is 9.28. The SMILES string of the molecule is COCCSCCC1CCCC1(N)CO. The third-order valence-electron chi connectivity index (χ3n) is 3.34. The Balaban J connectivity index is 2.15. The molecule has 0 bridgehead atoms.